The Balaban J connectivity index is 1.90. The molecule has 23 heavy (non-hydrogen) atoms. The van der Waals surface area contributed by atoms with Crippen molar-refractivity contribution >= 4 is 23.4 Å². The first kappa shape index (κ1) is 17.0. The van der Waals surface area contributed by atoms with Gasteiger partial charge in [-0.3, -0.25) is 14.4 Å². The maximum Gasteiger partial charge on any atom is 0.239 e. The molecule has 1 saturated heterocycles. The van der Waals surface area contributed by atoms with Gasteiger partial charge in [-0.25, -0.2) is 0 Å². The van der Waals surface area contributed by atoms with Crippen LogP contribution < -0.4 is 15.5 Å². The number of nitrogens with one attached hydrogen (secondary N) is 2. The lowest BCUT2D eigenvalue weighted by Gasteiger charge is -2.17. The lowest BCUT2D eigenvalue weighted by atomic mass is 10.1. The predicted octanol–water partition coefficient (Wildman–Crippen LogP) is 0.989. The largest absolute Gasteiger partial charge is 0.352 e. The van der Waals surface area contributed by atoms with Crippen molar-refractivity contribution in [1.82, 2.24) is 10.6 Å². The maximum absolute atomic E-state index is 12.1. The van der Waals surface area contributed by atoms with Gasteiger partial charge >= 0.3 is 0 Å². The second kappa shape index (κ2) is 7.26. The van der Waals surface area contributed by atoms with Crippen LogP contribution in [0.4, 0.5) is 5.69 Å². The van der Waals surface area contributed by atoms with Gasteiger partial charge in [0.15, 0.2) is 0 Å². The number of rotatable bonds is 5. The van der Waals surface area contributed by atoms with Crippen LogP contribution in [0.15, 0.2) is 24.3 Å². The summed E-state index contributed by atoms with van der Waals surface area (Å²) in [5, 5.41) is 5.31. The monoisotopic (exact) mass is 317 g/mol. The second-order valence-electron chi connectivity index (χ2n) is 6.18. The van der Waals surface area contributed by atoms with Gasteiger partial charge in [-0.2, -0.15) is 0 Å². The minimum atomic E-state index is -0.421. The Hall–Kier alpha value is -2.37. The number of carbonyl (C=O) groups excluding carboxylic acids is 3. The van der Waals surface area contributed by atoms with E-state index in [9.17, 15) is 14.4 Å². The Bertz CT molecular complexity index is 596. The average molecular weight is 317 g/mol. The van der Waals surface area contributed by atoms with E-state index in [1.807, 2.05) is 45.0 Å². The van der Waals surface area contributed by atoms with Crippen LogP contribution in [0, 0.1) is 12.8 Å². The summed E-state index contributed by atoms with van der Waals surface area (Å²) in [6.07, 6.45) is 0.172. The topological polar surface area (TPSA) is 78.5 Å². The van der Waals surface area contributed by atoms with Crippen molar-refractivity contribution in [3.8, 4) is 0 Å². The van der Waals surface area contributed by atoms with E-state index in [4.69, 9.17) is 0 Å². The van der Waals surface area contributed by atoms with Crippen molar-refractivity contribution in [3.63, 3.8) is 0 Å². The number of anilines is 1. The van der Waals surface area contributed by atoms with E-state index in [1.54, 1.807) is 4.90 Å². The van der Waals surface area contributed by atoms with Crippen LogP contribution in [0.25, 0.3) is 0 Å². The molecule has 0 unspecified atom stereocenters. The summed E-state index contributed by atoms with van der Waals surface area (Å²) in [5.41, 5.74) is 1.92. The normalized spacial score (nSPS) is 17.5. The third kappa shape index (κ3) is 4.55. The van der Waals surface area contributed by atoms with Gasteiger partial charge in [0.1, 0.15) is 0 Å². The fourth-order valence-corrected chi connectivity index (χ4v) is 2.54. The van der Waals surface area contributed by atoms with Crippen LogP contribution in [-0.4, -0.2) is 36.9 Å². The van der Waals surface area contributed by atoms with Crippen LogP contribution in [0.2, 0.25) is 0 Å². The molecule has 1 aromatic rings. The van der Waals surface area contributed by atoms with Crippen LogP contribution in [0.1, 0.15) is 25.8 Å². The van der Waals surface area contributed by atoms with E-state index in [2.05, 4.69) is 10.6 Å². The SMILES string of the molecule is Cc1ccc(N2C[C@@H](C(=O)NCC(=O)NC(C)C)CC2=O)cc1. The van der Waals surface area contributed by atoms with Gasteiger partial charge in [0.05, 0.1) is 12.5 Å². The first-order valence-corrected chi connectivity index (χ1v) is 7.81. The van der Waals surface area contributed by atoms with Gasteiger partial charge in [0.2, 0.25) is 17.7 Å². The van der Waals surface area contributed by atoms with E-state index in [1.165, 1.54) is 0 Å². The Morgan fingerprint density at radius 1 is 1.26 bits per heavy atom. The number of carbonyl (C=O) groups is 3. The number of nitrogens with zero attached hydrogens (tertiary/aromatic N) is 1. The lowest BCUT2D eigenvalue weighted by molar-refractivity contribution is -0.129. The molecule has 6 nitrogen and oxygen atoms in total. The smallest absolute Gasteiger partial charge is 0.239 e. The summed E-state index contributed by atoms with van der Waals surface area (Å²) in [4.78, 5) is 37.4. The number of hydrogen-bond donors (Lipinski definition) is 2. The maximum atomic E-state index is 12.1. The standard InChI is InChI=1S/C17H23N3O3/c1-11(2)19-15(21)9-18-17(23)13-8-16(22)20(10-13)14-6-4-12(3)5-7-14/h4-7,11,13H,8-10H2,1-3H3,(H,18,23)(H,19,21)/t13-/m0/s1. The van der Waals surface area contributed by atoms with Crippen LogP contribution in [0.5, 0.6) is 0 Å². The van der Waals surface area contributed by atoms with Gasteiger partial charge in [0.25, 0.3) is 0 Å². The fourth-order valence-electron chi connectivity index (χ4n) is 2.54. The van der Waals surface area contributed by atoms with Gasteiger partial charge in [-0.05, 0) is 32.9 Å². The molecule has 1 heterocycles. The summed E-state index contributed by atoms with van der Waals surface area (Å²) in [6.45, 7) is 5.98. The fraction of sp³-hybridized carbons (Fsp3) is 0.471. The average Bonchev–Trinajstić information content (AvgIpc) is 2.87. The highest BCUT2D eigenvalue weighted by Gasteiger charge is 2.35. The molecule has 1 atom stereocenters. The van der Waals surface area contributed by atoms with Crippen molar-refractivity contribution in [1.29, 1.82) is 0 Å². The first-order chi connectivity index (χ1) is 10.9. The molecule has 0 bridgehead atoms. The van der Waals surface area contributed by atoms with Crippen molar-refractivity contribution in [2.75, 3.05) is 18.0 Å². The van der Waals surface area contributed by atoms with Crippen molar-refractivity contribution in [3.05, 3.63) is 29.8 Å². The van der Waals surface area contributed by atoms with Gasteiger partial charge < -0.3 is 15.5 Å². The zero-order chi connectivity index (χ0) is 17.0. The summed E-state index contributed by atoms with van der Waals surface area (Å²) in [5.74, 6) is -0.976. The molecule has 2 rings (SSSR count). The van der Waals surface area contributed by atoms with Gasteiger partial charge in [-0.1, -0.05) is 17.7 Å². The van der Waals surface area contributed by atoms with Crippen LogP contribution in [0.3, 0.4) is 0 Å². The highest BCUT2D eigenvalue weighted by Crippen LogP contribution is 2.25. The summed E-state index contributed by atoms with van der Waals surface area (Å²) in [6, 6.07) is 7.66. The molecule has 1 fully saturated rings. The van der Waals surface area contributed by atoms with Gasteiger partial charge in [-0.15, -0.1) is 0 Å². The molecule has 0 spiro atoms. The van der Waals surface area contributed by atoms with Crippen molar-refractivity contribution in [2.24, 2.45) is 5.92 Å². The molecule has 124 valence electrons. The number of benzene rings is 1. The van der Waals surface area contributed by atoms with Crippen molar-refractivity contribution < 1.29 is 14.4 Å². The Morgan fingerprint density at radius 2 is 1.91 bits per heavy atom. The minimum absolute atomic E-state index is 0.0319. The molecule has 0 radical (unpaired) electrons. The number of hydrogen-bond acceptors (Lipinski definition) is 3. The van der Waals surface area contributed by atoms with Crippen molar-refractivity contribution in [2.45, 2.75) is 33.2 Å². The molecule has 0 aromatic heterocycles. The molecular formula is C17H23N3O3. The highest BCUT2D eigenvalue weighted by atomic mass is 16.2. The Kier molecular flexibility index (Phi) is 5.36. The third-order valence-corrected chi connectivity index (χ3v) is 3.71. The van der Waals surface area contributed by atoms with E-state index in [0.29, 0.717) is 6.54 Å². The number of amides is 3. The van der Waals surface area contributed by atoms with E-state index >= 15 is 0 Å². The number of aryl methyl sites for hydroxylation is 1. The zero-order valence-electron chi connectivity index (χ0n) is 13.8. The zero-order valence-corrected chi connectivity index (χ0v) is 13.8. The molecule has 0 saturated carbocycles. The van der Waals surface area contributed by atoms with Crippen LogP contribution in [-0.2, 0) is 14.4 Å². The lowest BCUT2D eigenvalue weighted by Crippen LogP contribution is -2.42. The minimum Gasteiger partial charge on any atom is -0.352 e. The van der Waals surface area contributed by atoms with E-state index < -0.39 is 5.92 Å². The predicted molar refractivity (Wildman–Crippen MR) is 87.9 cm³/mol. The Morgan fingerprint density at radius 3 is 2.52 bits per heavy atom. The second-order valence-corrected chi connectivity index (χ2v) is 6.18. The van der Waals surface area contributed by atoms with E-state index in [0.717, 1.165) is 11.3 Å². The highest BCUT2D eigenvalue weighted by molar-refractivity contribution is 6.00. The molecule has 0 aliphatic carbocycles. The molecule has 1 aromatic carbocycles. The molecular weight excluding hydrogens is 294 g/mol. The summed E-state index contributed by atoms with van der Waals surface area (Å²) >= 11 is 0. The summed E-state index contributed by atoms with van der Waals surface area (Å²) < 4.78 is 0. The third-order valence-electron chi connectivity index (χ3n) is 3.71. The van der Waals surface area contributed by atoms with Crippen LogP contribution >= 0.6 is 0 Å². The van der Waals surface area contributed by atoms with E-state index in [-0.39, 0.29) is 36.7 Å². The molecule has 1 aliphatic rings. The first-order valence-electron chi connectivity index (χ1n) is 7.81. The van der Waals surface area contributed by atoms with Gasteiger partial charge in [0, 0.05) is 24.7 Å². The molecule has 2 N–H and O–H groups in total. The molecule has 3 amide bonds. The molecule has 1 aliphatic heterocycles. The summed E-state index contributed by atoms with van der Waals surface area (Å²) in [7, 11) is 0. The molecule has 6 heteroatoms. The Labute approximate surface area is 136 Å². The quantitative estimate of drug-likeness (QED) is 0.850.